The highest BCUT2D eigenvalue weighted by molar-refractivity contribution is 7.21. The smallest absolute Gasteiger partial charge is 0.205 e. The number of nitrogens with zero attached hydrogens (tertiary/aromatic N) is 2. The summed E-state index contributed by atoms with van der Waals surface area (Å²) in [5.74, 6) is 0.796. The number of methoxy groups -OCH3 is 2. The van der Waals surface area contributed by atoms with Crippen LogP contribution in [0.15, 0.2) is 35.0 Å². The Morgan fingerprint density at radius 3 is 2.57 bits per heavy atom. The van der Waals surface area contributed by atoms with Crippen molar-refractivity contribution in [3.05, 3.63) is 51.0 Å². The van der Waals surface area contributed by atoms with E-state index in [9.17, 15) is 10.1 Å². The number of hydrogen-bond acceptors (Lipinski definition) is 9. The lowest BCUT2D eigenvalue weighted by Gasteiger charge is -2.09. The summed E-state index contributed by atoms with van der Waals surface area (Å²) in [6.45, 7) is 0. The van der Waals surface area contributed by atoms with Crippen molar-refractivity contribution in [1.82, 2.24) is 4.98 Å². The standard InChI is InChI=1S/C21H16N4O3S2/c1-27-13-4-3-10(7-14(13)28-2)18(26)19-17(23)16-15(11-5-6-29-9-11)12(8-22)20(24)25-21(16)30-19/h3-7,9H,23H2,1-2H3,(H2,24,25). The average Bonchev–Trinajstić information content (AvgIpc) is 3.40. The molecule has 3 heterocycles. The highest BCUT2D eigenvalue weighted by Crippen LogP contribution is 2.44. The van der Waals surface area contributed by atoms with Crippen molar-refractivity contribution in [2.75, 3.05) is 25.7 Å². The second-order valence-electron chi connectivity index (χ2n) is 6.29. The molecule has 0 amide bonds. The number of nitrogens with two attached hydrogens (primary N) is 2. The van der Waals surface area contributed by atoms with Crippen LogP contribution in [0.2, 0.25) is 0 Å². The van der Waals surface area contributed by atoms with Crippen molar-refractivity contribution in [2.24, 2.45) is 0 Å². The van der Waals surface area contributed by atoms with Crippen LogP contribution in [-0.4, -0.2) is 25.0 Å². The van der Waals surface area contributed by atoms with Gasteiger partial charge in [-0.15, -0.1) is 11.3 Å². The maximum Gasteiger partial charge on any atom is 0.205 e. The molecule has 0 atom stereocenters. The normalized spacial score (nSPS) is 10.7. The Kier molecular flexibility index (Phi) is 5.03. The maximum atomic E-state index is 13.3. The number of hydrogen-bond donors (Lipinski definition) is 2. The van der Waals surface area contributed by atoms with E-state index < -0.39 is 0 Å². The molecule has 0 spiro atoms. The van der Waals surface area contributed by atoms with Crippen molar-refractivity contribution >= 4 is 50.2 Å². The Balaban J connectivity index is 1.94. The molecular formula is C21H16N4O3S2. The molecule has 4 rings (SSSR count). The summed E-state index contributed by atoms with van der Waals surface area (Å²) in [4.78, 5) is 18.4. The zero-order valence-electron chi connectivity index (χ0n) is 16.1. The molecule has 4 aromatic rings. The minimum Gasteiger partial charge on any atom is -0.493 e. The van der Waals surface area contributed by atoms with E-state index in [1.165, 1.54) is 25.6 Å². The molecule has 150 valence electrons. The van der Waals surface area contributed by atoms with Crippen molar-refractivity contribution in [1.29, 1.82) is 5.26 Å². The third kappa shape index (κ3) is 3.03. The summed E-state index contributed by atoms with van der Waals surface area (Å²) in [5, 5.41) is 14.0. The number of nitriles is 1. The first kappa shape index (κ1) is 19.7. The number of anilines is 2. The van der Waals surface area contributed by atoms with Crippen molar-refractivity contribution in [2.45, 2.75) is 0 Å². The molecule has 0 saturated heterocycles. The van der Waals surface area contributed by atoms with Crippen molar-refractivity contribution in [3.63, 3.8) is 0 Å². The Morgan fingerprint density at radius 1 is 1.17 bits per heavy atom. The van der Waals surface area contributed by atoms with Gasteiger partial charge in [-0.25, -0.2) is 4.98 Å². The molecule has 1 aromatic carbocycles. The van der Waals surface area contributed by atoms with Gasteiger partial charge in [-0.2, -0.15) is 16.6 Å². The Labute approximate surface area is 180 Å². The van der Waals surface area contributed by atoms with E-state index in [1.54, 1.807) is 18.2 Å². The highest BCUT2D eigenvalue weighted by atomic mass is 32.1. The van der Waals surface area contributed by atoms with E-state index in [4.69, 9.17) is 20.9 Å². The molecule has 7 nitrogen and oxygen atoms in total. The fourth-order valence-corrected chi connectivity index (χ4v) is 4.98. The molecule has 30 heavy (non-hydrogen) atoms. The van der Waals surface area contributed by atoms with Gasteiger partial charge in [0.05, 0.1) is 19.9 Å². The number of carbonyl (C=O) groups is 1. The van der Waals surface area contributed by atoms with Gasteiger partial charge in [0.1, 0.15) is 27.2 Å². The summed E-state index contributed by atoms with van der Waals surface area (Å²) < 4.78 is 10.5. The number of ketones is 1. The van der Waals surface area contributed by atoms with Gasteiger partial charge in [0, 0.05) is 16.5 Å². The second-order valence-corrected chi connectivity index (χ2v) is 8.07. The summed E-state index contributed by atoms with van der Waals surface area (Å²) in [7, 11) is 3.03. The summed E-state index contributed by atoms with van der Waals surface area (Å²) in [5.41, 5.74) is 14.8. The number of benzene rings is 1. The van der Waals surface area contributed by atoms with Gasteiger partial charge < -0.3 is 20.9 Å². The molecule has 0 saturated carbocycles. The molecule has 3 aromatic heterocycles. The van der Waals surface area contributed by atoms with Gasteiger partial charge in [0.15, 0.2) is 11.5 Å². The first-order valence-electron chi connectivity index (χ1n) is 8.71. The van der Waals surface area contributed by atoms with Gasteiger partial charge in [0.25, 0.3) is 0 Å². The molecule has 0 aliphatic heterocycles. The summed E-state index contributed by atoms with van der Waals surface area (Å²) in [6.07, 6.45) is 0. The molecule has 0 aliphatic carbocycles. The van der Waals surface area contributed by atoms with Crippen LogP contribution in [0.1, 0.15) is 20.8 Å². The SMILES string of the molecule is COc1ccc(C(=O)c2sc3nc(N)c(C#N)c(-c4ccsc4)c3c2N)cc1OC. The van der Waals surface area contributed by atoms with E-state index >= 15 is 0 Å². The van der Waals surface area contributed by atoms with Gasteiger partial charge >= 0.3 is 0 Å². The predicted molar refractivity (Wildman–Crippen MR) is 119 cm³/mol. The molecule has 4 N–H and O–H groups in total. The molecule has 0 aliphatic rings. The number of aromatic nitrogens is 1. The Morgan fingerprint density at radius 2 is 1.93 bits per heavy atom. The topological polar surface area (TPSA) is 124 Å². The largest absolute Gasteiger partial charge is 0.493 e. The highest BCUT2D eigenvalue weighted by Gasteiger charge is 2.25. The second kappa shape index (κ2) is 7.67. The summed E-state index contributed by atoms with van der Waals surface area (Å²) in [6, 6.07) is 8.92. The lowest BCUT2D eigenvalue weighted by atomic mass is 9.98. The fraction of sp³-hybridized carbons (Fsp3) is 0.0952. The minimum absolute atomic E-state index is 0.109. The van der Waals surface area contributed by atoms with Crippen LogP contribution in [0.25, 0.3) is 21.3 Å². The molecule has 0 bridgehead atoms. The van der Waals surface area contributed by atoms with Gasteiger partial charge in [-0.1, -0.05) is 0 Å². The van der Waals surface area contributed by atoms with Crippen LogP contribution < -0.4 is 20.9 Å². The van der Waals surface area contributed by atoms with Crippen molar-refractivity contribution in [3.8, 4) is 28.7 Å². The molecule has 0 radical (unpaired) electrons. The maximum absolute atomic E-state index is 13.3. The lowest BCUT2D eigenvalue weighted by Crippen LogP contribution is -2.03. The number of rotatable bonds is 5. The van der Waals surface area contributed by atoms with Gasteiger partial charge in [0.2, 0.25) is 5.78 Å². The van der Waals surface area contributed by atoms with Crippen LogP contribution in [0, 0.1) is 11.3 Å². The van der Waals surface area contributed by atoms with E-state index in [2.05, 4.69) is 11.1 Å². The summed E-state index contributed by atoms with van der Waals surface area (Å²) >= 11 is 2.64. The Hall–Kier alpha value is -3.61. The third-order valence-electron chi connectivity index (χ3n) is 4.68. The minimum atomic E-state index is -0.273. The van der Waals surface area contributed by atoms with E-state index in [0.717, 1.165) is 16.9 Å². The number of pyridine rings is 1. The molecular weight excluding hydrogens is 420 g/mol. The van der Waals surface area contributed by atoms with E-state index in [0.29, 0.717) is 37.7 Å². The fourth-order valence-electron chi connectivity index (χ4n) is 3.26. The number of carbonyl (C=O) groups excluding carboxylic acids is 1. The lowest BCUT2D eigenvalue weighted by molar-refractivity contribution is 0.104. The number of ether oxygens (including phenoxy) is 2. The number of nitrogen functional groups attached to an aromatic ring is 2. The first-order chi connectivity index (χ1) is 14.5. The zero-order valence-corrected chi connectivity index (χ0v) is 17.7. The molecule has 0 fully saturated rings. The molecule has 9 heteroatoms. The van der Waals surface area contributed by atoms with Crippen molar-refractivity contribution < 1.29 is 14.3 Å². The number of fused-ring (bicyclic) bond motifs is 1. The molecule has 0 unspecified atom stereocenters. The third-order valence-corrected chi connectivity index (χ3v) is 6.46. The van der Waals surface area contributed by atoms with Crippen LogP contribution in [0.5, 0.6) is 11.5 Å². The van der Waals surface area contributed by atoms with Crippen LogP contribution in [0.4, 0.5) is 11.5 Å². The Bertz CT molecular complexity index is 1320. The number of thiophene rings is 2. The van der Waals surface area contributed by atoms with E-state index in [1.807, 2.05) is 16.8 Å². The van der Waals surface area contributed by atoms with Crippen LogP contribution in [-0.2, 0) is 0 Å². The average molecular weight is 437 g/mol. The van der Waals surface area contributed by atoms with E-state index in [-0.39, 0.29) is 22.9 Å². The first-order valence-corrected chi connectivity index (χ1v) is 10.5. The van der Waals surface area contributed by atoms with Crippen LogP contribution >= 0.6 is 22.7 Å². The predicted octanol–water partition coefficient (Wildman–Crippen LogP) is 4.31. The van der Waals surface area contributed by atoms with Gasteiger partial charge in [-0.05, 0) is 40.6 Å². The quantitative estimate of drug-likeness (QED) is 0.447. The zero-order chi connectivity index (χ0) is 21.4. The van der Waals surface area contributed by atoms with Gasteiger partial charge in [-0.3, -0.25) is 4.79 Å². The monoisotopic (exact) mass is 436 g/mol. The van der Waals surface area contributed by atoms with Crippen LogP contribution in [0.3, 0.4) is 0 Å².